The van der Waals surface area contributed by atoms with E-state index in [1.807, 2.05) is 24.4 Å². The fraction of sp³-hybridized carbons (Fsp3) is 0.0952. The fourth-order valence-electron chi connectivity index (χ4n) is 3.26. The number of thiophene rings is 1. The van der Waals surface area contributed by atoms with E-state index in [-0.39, 0.29) is 11.8 Å². The second kappa shape index (κ2) is 8.22. The quantitative estimate of drug-likeness (QED) is 0.390. The van der Waals surface area contributed by atoms with Gasteiger partial charge >= 0.3 is 0 Å². The molecule has 0 unspecified atom stereocenters. The summed E-state index contributed by atoms with van der Waals surface area (Å²) in [6.07, 6.45) is 1.63. The highest BCUT2D eigenvalue weighted by Gasteiger charge is 2.23. The van der Waals surface area contributed by atoms with Gasteiger partial charge < -0.3 is 10.6 Å². The van der Waals surface area contributed by atoms with Crippen LogP contribution in [0, 0.1) is 6.92 Å². The summed E-state index contributed by atoms with van der Waals surface area (Å²) < 4.78 is 3.42. The predicted molar refractivity (Wildman–Crippen MR) is 124 cm³/mol. The molecule has 3 heterocycles. The van der Waals surface area contributed by atoms with Gasteiger partial charge in [0.25, 0.3) is 11.8 Å². The minimum Gasteiger partial charge on any atom is -0.355 e. The Balaban J connectivity index is 1.83. The van der Waals surface area contributed by atoms with Gasteiger partial charge in [0.1, 0.15) is 5.69 Å². The Morgan fingerprint density at radius 1 is 1.20 bits per heavy atom. The zero-order valence-electron chi connectivity index (χ0n) is 16.0. The Morgan fingerprint density at radius 2 is 2.00 bits per heavy atom. The molecule has 2 amide bonds. The monoisotopic (exact) mass is 502 g/mol. The molecule has 0 aliphatic carbocycles. The molecular formula is C21H16BrClN4O2S. The van der Waals surface area contributed by atoms with E-state index in [0.717, 1.165) is 20.3 Å². The van der Waals surface area contributed by atoms with Crippen LogP contribution in [0.3, 0.4) is 0 Å². The van der Waals surface area contributed by atoms with E-state index < -0.39 is 0 Å². The molecule has 152 valence electrons. The van der Waals surface area contributed by atoms with E-state index in [2.05, 4.69) is 31.5 Å². The summed E-state index contributed by atoms with van der Waals surface area (Å²) in [7, 11) is 1.55. The van der Waals surface area contributed by atoms with Crippen molar-refractivity contribution in [2.75, 3.05) is 12.4 Å². The van der Waals surface area contributed by atoms with Crippen molar-refractivity contribution in [1.82, 2.24) is 14.9 Å². The van der Waals surface area contributed by atoms with E-state index in [4.69, 9.17) is 11.6 Å². The largest absolute Gasteiger partial charge is 0.355 e. The molecule has 4 rings (SSSR count). The van der Waals surface area contributed by atoms with Crippen molar-refractivity contribution in [2.24, 2.45) is 0 Å². The van der Waals surface area contributed by atoms with Crippen LogP contribution in [0.1, 0.15) is 26.4 Å². The maximum absolute atomic E-state index is 13.3. The van der Waals surface area contributed by atoms with Gasteiger partial charge in [-0.25, -0.2) is 4.98 Å². The second-order valence-corrected chi connectivity index (χ2v) is 8.79. The Hall–Kier alpha value is -2.68. The lowest BCUT2D eigenvalue weighted by molar-refractivity contribution is 0.0964. The number of aryl methyl sites for hydroxylation is 1. The first-order valence-electron chi connectivity index (χ1n) is 8.94. The van der Waals surface area contributed by atoms with Crippen molar-refractivity contribution in [3.8, 4) is 5.82 Å². The number of nitrogens with one attached hydrogen (secondary N) is 2. The summed E-state index contributed by atoms with van der Waals surface area (Å²) >= 11 is 11.3. The third-order valence-electron chi connectivity index (χ3n) is 4.62. The number of rotatable bonds is 4. The number of hydrogen-bond donors (Lipinski definition) is 2. The lowest BCUT2D eigenvalue weighted by Gasteiger charge is -2.15. The molecule has 4 aromatic rings. The molecule has 3 aromatic heterocycles. The van der Waals surface area contributed by atoms with Crippen molar-refractivity contribution in [1.29, 1.82) is 0 Å². The van der Waals surface area contributed by atoms with Crippen LogP contribution in [0.4, 0.5) is 5.69 Å². The van der Waals surface area contributed by atoms with Crippen LogP contribution in [0.5, 0.6) is 0 Å². The average Bonchev–Trinajstić information content (AvgIpc) is 3.31. The van der Waals surface area contributed by atoms with Gasteiger partial charge in [-0.2, -0.15) is 0 Å². The summed E-state index contributed by atoms with van der Waals surface area (Å²) in [5, 5.41) is 7.90. The molecular weight excluding hydrogens is 488 g/mol. The van der Waals surface area contributed by atoms with Crippen molar-refractivity contribution < 1.29 is 9.59 Å². The maximum Gasteiger partial charge on any atom is 0.272 e. The number of halogens is 2. The SMILES string of the molecule is CNC(=O)c1cc(Br)cc(C)c1NC(=O)c1cc2sccc2n1-c1ncccc1Cl. The first-order valence-corrected chi connectivity index (χ1v) is 11.0. The van der Waals surface area contributed by atoms with Gasteiger partial charge in [0.15, 0.2) is 5.82 Å². The number of aromatic nitrogens is 2. The minimum atomic E-state index is -0.365. The molecule has 9 heteroatoms. The van der Waals surface area contributed by atoms with Crippen molar-refractivity contribution in [3.05, 3.63) is 74.3 Å². The van der Waals surface area contributed by atoms with Gasteiger partial charge in [0, 0.05) is 17.7 Å². The number of hydrogen-bond acceptors (Lipinski definition) is 4. The summed E-state index contributed by atoms with van der Waals surface area (Å²) in [6, 6.07) is 10.7. The van der Waals surface area contributed by atoms with Crippen molar-refractivity contribution >= 4 is 66.6 Å². The van der Waals surface area contributed by atoms with E-state index in [1.54, 1.807) is 42.1 Å². The molecule has 0 spiro atoms. The lowest BCUT2D eigenvalue weighted by atomic mass is 10.1. The topological polar surface area (TPSA) is 76.0 Å². The molecule has 0 saturated carbocycles. The van der Waals surface area contributed by atoms with Crippen molar-refractivity contribution in [2.45, 2.75) is 6.92 Å². The highest BCUT2D eigenvalue weighted by molar-refractivity contribution is 9.10. The molecule has 0 radical (unpaired) electrons. The summed E-state index contributed by atoms with van der Waals surface area (Å²) in [6.45, 7) is 1.83. The highest BCUT2D eigenvalue weighted by Crippen LogP contribution is 2.32. The molecule has 30 heavy (non-hydrogen) atoms. The Kier molecular flexibility index (Phi) is 5.64. The Morgan fingerprint density at radius 3 is 2.73 bits per heavy atom. The van der Waals surface area contributed by atoms with Crippen molar-refractivity contribution in [3.63, 3.8) is 0 Å². The zero-order chi connectivity index (χ0) is 21.4. The van der Waals surface area contributed by atoms with E-state index in [0.29, 0.717) is 27.8 Å². The van der Waals surface area contributed by atoms with Crippen LogP contribution in [0.2, 0.25) is 5.02 Å². The Bertz CT molecular complexity index is 1300. The standard InChI is InChI=1S/C21H16BrClN4O2S/c1-11-8-12(22)9-13(20(28)24-2)18(11)26-21(29)16-10-17-15(5-7-30-17)27(16)19-14(23)4-3-6-25-19/h3-10H,1-2H3,(H,24,28)(H,26,29). The van der Waals surface area contributed by atoms with Gasteiger partial charge in [-0.05, 0) is 54.3 Å². The van der Waals surface area contributed by atoms with Gasteiger partial charge in [-0.1, -0.05) is 27.5 Å². The normalized spacial score (nSPS) is 10.9. The number of pyridine rings is 1. The summed E-state index contributed by atoms with van der Waals surface area (Å²) in [5.41, 5.74) is 2.79. The minimum absolute atomic E-state index is 0.293. The highest BCUT2D eigenvalue weighted by atomic mass is 79.9. The molecule has 0 aliphatic heterocycles. The van der Waals surface area contributed by atoms with Gasteiger partial charge in [0.2, 0.25) is 0 Å². The number of nitrogens with zero attached hydrogens (tertiary/aromatic N) is 2. The molecule has 0 fully saturated rings. The molecule has 0 aliphatic rings. The van der Waals surface area contributed by atoms with E-state index in [1.165, 1.54) is 11.3 Å². The number of benzene rings is 1. The van der Waals surface area contributed by atoms with E-state index >= 15 is 0 Å². The third kappa shape index (κ3) is 3.62. The maximum atomic E-state index is 13.3. The van der Waals surface area contributed by atoms with Crippen LogP contribution in [-0.2, 0) is 0 Å². The third-order valence-corrected chi connectivity index (χ3v) is 6.22. The average molecular weight is 504 g/mol. The fourth-order valence-corrected chi connectivity index (χ4v) is 4.84. The Labute approximate surface area is 190 Å². The van der Waals surface area contributed by atoms with E-state index in [9.17, 15) is 9.59 Å². The van der Waals surface area contributed by atoms with Crippen LogP contribution in [-0.4, -0.2) is 28.4 Å². The number of carbonyl (C=O) groups excluding carboxylic acids is 2. The van der Waals surface area contributed by atoms with Crippen LogP contribution >= 0.6 is 38.9 Å². The zero-order valence-corrected chi connectivity index (χ0v) is 19.2. The molecule has 0 saturated heterocycles. The molecule has 0 bridgehead atoms. The molecule has 2 N–H and O–H groups in total. The van der Waals surface area contributed by atoms with Crippen LogP contribution in [0.15, 0.2) is 52.4 Å². The summed E-state index contributed by atoms with van der Waals surface area (Å²) in [5.74, 6) is -0.189. The van der Waals surface area contributed by atoms with Crippen LogP contribution in [0.25, 0.3) is 16.0 Å². The first-order chi connectivity index (χ1) is 14.4. The predicted octanol–water partition coefficient (Wildman–Crippen LogP) is 5.42. The smallest absolute Gasteiger partial charge is 0.272 e. The first kappa shape index (κ1) is 20.6. The molecule has 1 aromatic carbocycles. The second-order valence-electron chi connectivity index (χ2n) is 6.52. The molecule has 0 atom stereocenters. The number of anilines is 1. The van der Waals surface area contributed by atoms with Crippen LogP contribution < -0.4 is 10.6 Å². The number of amides is 2. The number of fused-ring (bicyclic) bond motifs is 1. The summed E-state index contributed by atoms with van der Waals surface area (Å²) in [4.78, 5) is 30.1. The molecule has 6 nitrogen and oxygen atoms in total. The lowest BCUT2D eigenvalue weighted by Crippen LogP contribution is -2.23. The van der Waals surface area contributed by atoms with Gasteiger partial charge in [-0.15, -0.1) is 11.3 Å². The number of carbonyl (C=O) groups is 2. The van der Waals surface area contributed by atoms with Gasteiger partial charge in [-0.3, -0.25) is 14.2 Å². The van der Waals surface area contributed by atoms with Gasteiger partial charge in [0.05, 0.1) is 26.5 Å².